The van der Waals surface area contributed by atoms with Crippen LogP contribution in [0, 0.1) is 6.92 Å². The Balaban J connectivity index is 2.39. The van der Waals surface area contributed by atoms with Gasteiger partial charge in [0.25, 0.3) is 0 Å². The molecule has 1 fully saturated rings. The van der Waals surface area contributed by atoms with E-state index in [0.717, 1.165) is 4.57 Å². The quantitative estimate of drug-likeness (QED) is 0.609. The third-order valence-electron chi connectivity index (χ3n) is 2.92. The van der Waals surface area contributed by atoms with Gasteiger partial charge in [0.1, 0.15) is 18.0 Å². The van der Waals surface area contributed by atoms with E-state index in [-0.39, 0.29) is 5.82 Å². The van der Waals surface area contributed by atoms with Crippen LogP contribution in [0.4, 0.5) is 10.2 Å². The fourth-order valence-corrected chi connectivity index (χ4v) is 1.84. The van der Waals surface area contributed by atoms with Crippen molar-refractivity contribution in [3.05, 3.63) is 22.2 Å². The van der Waals surface area contributed by atoms with Gasteiger partial charge in [-0.3, -0.25) is 4.57 Å². The van der Waals surface area contributed by atoms with Gasteiger partial charge < -0.3 is 20.7 Å². The molecule has 1 aliphatic heterocycles. The minimum absolute atomic E-state index is 0.0592. The lowest BCUT2D eigenvalue weighted by Gasteiger charge is -2.16. The van der Waals surface area contributed by atoms with Gasteiger partial charge >= 0.3 is 5.69 Å². The summed E-state index contributed by atoms with van der Waals surface area (Å²) in [6.45, 7) is 1.08. The van der Waals surface area contributed by atoms with Crippen molar-refractivity contribution in [2.45, 2.75) is 31.5 Å². The summed E-state index contributed by atoms with van der Waals surface area (Å²) in [7, 11) is 0. The Bertz CT molecular complexity index is 506. The Hall–Kier alpha value is -1.51. The summed E-state index contributed by atoms with van der Waals surface area (Å²) < 4.78 is 19.8. The van der Waals surface area contributed by atoms with Crippen molar-refractivity contribution in [3.8, 4) is 0 Å². The number of alkyl halides is 1. The molecule has 0 aromatic carbocycles. The smallest absolute Gasteiger partial charge is 0.351 e. The molecule has 1 saturated heterocycles. The van der Waals surface area contributed by atoms with Crippen LogP contribution in [0.2, 0.25) is 0 Å². The number of nitrogens with two attached hydrogens (primary N) is 1. The maximum absolute atomic E-state index is 13.8. The summed E-state index contributed by atoms with van der Waals surface area (Å²) in [6.07, 6.45) is -4.35. The Kier molecular flexibility index (Phi) is 3.33. The molecule has 100 valence electrons. The summed E-state index contributed by atoms with van der Waals surface area (Å²) in [5, 5.41) is 18.4. The molecule has 0 bridgehead atoms. The number of anilines is 1. The Morgan fingerprint density at radius 3 is 2.89 bits per heavy atom. The van der Waals surface area contributed by atoms with Crippen molar-refractivity contribution < 1.29 is 19.3 Å². The zero-order chi connectivity index (χ0) is 13.4. The highest BCUT2D eigenvalue weighted by molar-refractivity contribution is 5.35. The standard InChI is InChI=1S/C10H14FN3O4/c1-4-2-14(10(17)13-8(4)12)9-6(11)7(16)5(3-15)18-9/h2,5-7,9,15-16H,3H2,1H3,(H2,12,13,17)/t5-,6+,7?,9-/m0/s1/i11-1. The van der Waals surface area contributed by atoms with Crippen molar-refractivity contribution >= 4 is 5.82 Å². The number of aromatic nitrogens is 2. The number of hydrogen-bond acceptors (Lipinski definition) is 6. The zero-order valence-electron chi connectivity index (χ0n) is 9.65. The second kappa shape index (κ2) is 4.63. The van der Waals surface area contributed by atoms with Crippen LogP contribution < -0.4 is 11.4 Å². The first kappa shape index (κ1) is 12.9. The summed E-state index contributed by atoms with van der Waals surface area (Å²) >= 11 is 0. The van der Waals surface area contributed by atoms with Gasteiger partial charge in [-0.25, -0.2) is 9.18 Å². The van der Waals surface area contributed by atoms with E-state index < -0.39 is 36.9 Å². The summed E-state index contributed by atoms with van der Waals surface area (Å²) in [6, 6.07) is 0. The predicted octanol–water partition coefficient (Wildman–Crippen LogP) is -1.28. The van der Waals surface area contributed by atoms with Gasteiger partial charge in [0.15, 0.2) is 12.4 Å². The molecule has 4 atom stereocenters. The fourth-order valence-electron chi connectivity index (χ4n) is 1.84. The van der Waals surface area contributed by atoms with Crippen molar-refractivity contribution in [2.75, 3.05) is 12.3 Å². The largest absolute Gasteiger partial charge is 0.394 e. The fraction of sp³-hybridized carbons (Fsp3) is 0.600. The topological polar surface area (TPSA) is 111 Å². The third kappa shape index (κ3) is 1.98. The molecule has 2 rings (SSSR count). The third-order valence-corrected chi connectivity index (χ3v) is 2.92. The van der Waals surface area contributed by atoms with Crippen molar-refractivity contribution in [1.29, 1.82) is 0 Å². The Morgan fingerprint density at radius 1 is 1.67 bits per heavy atom. The van der Waals surface area contributed by atoms with E-state index in [1.54, 1.807) is 6.92 Å². The van der Waals surface area contributed by atoms with Gasteiger partial charge in [0.2, 0.25) is 0 Å². The lowest BCUT2D eigenvalue weighted by Crippen LogP contribution is -2.34. The summed E-state index contributed by atoms with van der Waals surface area (Å²) in [5.41, 5.74) is 5.18. The first-order valence-electron chi connectivity index (χ1n) is 5.39. The molecule has 0 radical (unpaired) electrons. The number of aliphatic hydroxyl groups excluding tert-OH is 2. The molecule has 0 spiro atoms. The van der Waals surface area contributed by atoms with E-state index in [4.69, 9.17) is 15.6 Å². The highest BCUT2D eigenvalue weighted by Gasteiger charge is 2.45. The molecular formula is C10H14FN3O4. The van der Waals surface area contributed by atoms with Gasteiger partial charge in [-0.05, 0) is 6.92 Å². The number of ether oxygens (including phenoxy) is 1. The SMILES string of the molecule is Cc1cn([C@H]2O[C@@H](CO)C(O)[C@H]2[18F])c(=O)nc1N. The zero-order valence-corrected chi connectivity index (χ0v) is 9.65. The van der Waals surface area contributed by atoms with Gasteiger partial charge in [0.05, 0.1) is 6.61 Å². The molecule has 1 aliphatic rings. The molecule has 1 aromatic rings. The number of aliphatic hydroxyl groups is 2. The van der Waals surface area contributed by atoms with Crippen LogP contribution in [0.5, 0.6) is 0 Å². The lowest BCUT2D eigenvalue weighted by atomic mass is 10.1. The number of rotatable bonds is 2. The highest BCUT2D eigenvalue weighted by Crippen LogP contribution is 2.30. The van der Waals surface area contributed by atoms with E-state index in [2.05, 4.69) is 4.98 Å². The molecular weight excluding hydrogens is 244 g/mol. The molecule has 8 heteroatoms. The lowest BCUT2D eigenvalue weighted by molar-refractivity contribution is -0.0491. The summed E-state index contributed by atoms with van der Waals surface area (Å²) in [5.74, 6) is 0.0592. The first-order valence-corrected chi connectivity index (χ1v) is 5.39. The molecule has 0 aliphatic carbocycles. The highest BCUT2D eigenvalue weighted by atomic mass is 18.2. The monoisotopic (exact) mass is 258 g/mol. The molecule has 0 saturated carbocycles. The summed E-state index contributed by atoms with van der Waals surface area (Å²) in [4.78, 5) is 15.1. The molecule has 0 amide bonds. The van der Waals surface area contributed by atoms with Crippen LogP contribution in [0.15, 0.2) is 11.0 Å². The first-order chi connectivity index (χ1) is 8.45. The van der Waals surface area contributed by atoms with Crippen molar-refractivity contribution in [3.63, 3.8) is 0 Å². The maximum atomic E-state index is 13.8. The van der Waals surface area contributed by atoms with Crippen LogP contribution in [0.3, 0.4) is 0 Å². The molecule has 1 unspecified atom stereocenters. The van der Waals surface area contributed by atoms with Gasteiger partial charge in [0, 0.05) is 11.8 Å². The van der Waals surface area contributed by atoms with Crippen LogP contribution >= 0.6 is 0 Å². The average molecular weight is 258 g/mol. The van der Waals surface area contributed by atoms with E-state index in [9.17, 15) is 14.3 Å². The van der Waals surface area contributed by atoms with E-state index >= 15 is 0 Å². The van der Waals surface area contributed by atoms with Crippen LogP contribution in [-0.4, -0.2) is 44.8 Å². The van der Waals surface area contributed by atoms with Gasteiger partial charge in [-0.2, -0.15) is 4.98 Å². The number of aryl methyl sites for hydroxylation is 1. The minimum Gasteiger partial charge on any atom is -0.394 e. The molecule has 1 aromatic heterocycles. The van der Waals surface area contributed by atoms with Crippen LogP contribution in [0.25, 0.3) is 0 Å². The second-order valence-electron chi connectivity index (χ2n) is 4.18. The van der Waals surface area contributed by atoms with Gasteiger partial charge in [-0.15, -0.1) is 0 Å². The number of nitrogen functional groups attached to an aromatic ring is 1. The second-order valence-corrected chi connectivity index (χ2v) is 4.18. The van der Waals surface area contributed by atoms with E-state index in [1.165, 1.54) is 6.20 Å². The van der Waals surface area contributed by atoms with E-state index in [1.807, 2.05) is 0 Å². The van der Waals surface area contributed by atoms with Crippen LogP contribution in [-0.2, 0) is 4.74 Å². The molecule has 7 nitrogen and oxygen atoms in total. The predicted molar refractivity (Wildman–Crippen MR) is 59.5 cm³/mol. The van der Waals surface area contributed by atoms with Crippen LogP contribution in [0.1, 0.15) is 11.8 Å². The molecule has 18 heavy (non-hydrogen) atoms. The van der Waals surface area contributed by atoms with Gasteiger partial charge in [-0.1, -0.05) is 0 Å². The molecule has 2 heterocycles. The minimum atomic E-state index is -1.82. The van der Waals surface area contributed by atoms with E-state index in [0.29, 0.717) is 5.56 Å². The Morgan fingerprint density at radius 2 is 2.33 bits per heavy atom. The Labute approximate surface area is 102 Å². The maximum Gasteiger partial charge on any atom is 0.351 e. The normalized spacial score (nSPS) is 31.8. The number of halogens is 1. The van der Waals surface area contributed by atoms with Crippen molar-refractivity contribution in [2.24, 2.45) is 0 Å². The number of nitrogens with zero attached hydrogens (tertiary/aromatic N) is 2. The average Bonchev–Trinajstić information content (AvgIpc) is 2.61. The van der Waals surface area contributed by atoms with Crippen molar-refractivity contribution in [1.82, 2.24) is 9.55 Å². The molecule has 4 N–H and O–H groups in total. The number of hydrogen-bond donors (Lipinski definition) is 3.